The predicted octanol–water partition coefficient (Wildman–Crippen LogP) is 3.01. The van der Waals surface area contributed by atoms with Crippen molar-refractivity contribution in [3.63, 3.8) is 0 Å². The van der Waals surface area contributed by atoms with Gasteiger partial charge in [-0.05, 0) is 36.1 Å². The lowest BCUT2D eigenvalue weighted by atomic mass is 10.3. The fraction of sp³-hybridized carbons (Fsp3) is 0.188. The number of nitrogens with one attached hydrogen (secondary N) is 1. The van der Waals surface area contributed by atoms with Crippen molar-refractivity contribution in [1.82, 2.24) is 5.32 Å². The summed E-state index contributed by atoms with van der Waals surface area (Å²) in [6.07, 6.45) is 0. The Morgan fingerprint density at radius 3 is 2.90 bits per heavy atom. The molecule has 1 aromatic carbocycles. The number of thiophene rings is 1. The lowest BCUT2D eigenvalue weighted by Gasteiger charge is -2.02. The summed E-state index contributed by atoms with van der Waals surface area (Å²) >= 11 is 1.40. The maximum Gasteiger partial charge on any atom is 0.262 e. The van der Waals surface area contributed by atoms with E-state index < -0.39 is 5.82 Å². The lowest BCUT2D eigenvalue weighted by molar-refractivity contribution is 0.0962. The number of rotatable bonds is 4. The molecule has 2 aromatic rings. The zero-order valence-electron chi connectivity index (χ0n) is 11.5. The quantitative estimate of drug-likeness (QED) is 0.882. The van der Waals surface area contributed by atoms with Crippen LogP contribution in [-0.4, -0.2) is 19.1 Å². The third-order valence-corrected chi connectivity index (χ3v) is 3.60. The van der Waals surface area contributed by atoms with Gasteiger partial charge >= 0.3 is 0 Å². The predicted molar refractivity (Wildman–Crippen MR) is 81.1 cm³/mol. The van der Waals surface area contributed by atoms with Gasteiger partial charge in [-0.1, -0.05) is 24.0 Å². The molecular formula is C16H14FNO2S. The Kier molecular flexibility index (Phi) is 5.35. The zero-order valence-corrected chi connectivity index (χ0v) is 12.3. The summed E-state index contributed by atoms with van der Waals surface area (Å²) in [5, 5.41) is 4.61. The van der Waals surface area contributed by atoms with Crippen LogP contribution < -0.4 is 10.1 Å². The Bertz CT molecular complexity index is 685. The minimum atomic E-state index is -0.416. The maximum absolute atomic E-state index is 13.2. The largest absolute Gasteiger partial charge is 0.478 e. The van der Waals surface area contributed by atoms with Crippen LogP contribution in [0.2, 0.25) is 0 Å². The third-order valence-electron chi connectivity index (χ3n) is 2.55. The second kappa shape index (κ2) is 7.46. The number of aryl methyl sites for hydroxylation is 1. The number of halogens is 1. The summed E-state index contributed by atoms with van der Waals surface area (Å²) in [6.45, 7) is 2.25. The van der Waals surface area contributed by atoms with Crippen LogP contribution in [-0.2, 0) is 0 Å². The molecule has 0 unspecified atom stereocenters. The first-order valence-corrected chi connectivity index (χ1v) is 7.21. The molecular weight excluding hydrogens is 289 g/mol. The van der Waals surface area contributed by atoms with Crippen LogP contribution in [0.1, 0.15) is 15.2 Å². The monoisotopic (exact) mass is 303 g/mol. The highest BCUT2D eigenvalue weighted by Gasteiger charge is 2.05. The molecule has 0 saturated heterocycles. The van der Waals surface area contributed by atoms with E-state index in [1.54, 1.807) is 12.1 Å². The van der Waals surface area contributed by atoms with E-state index in [-0.39, 0.29) is 24.8 Å². The van der Waals surface area contributed by atoms with E-state index in [9.17, 15) is 9.18 Å². The van der Waals surface area contributed by atoms with Gasteiger partial charge in [-0.3, -0.25) is 4.79 Å². The van der Waals surface area contributed by atoms with Crippen LogP contribution in [0, 0.1) is 24.6 Å². The molecule has 0 aliphatic rings. The van der Waals surface area contributed by atoms with Crippen molar-refractivity contribution < 1.29 is 13.9 Å². The van der Waals surface area contributed by atoms with Gasteiger partial charge in [-0.2, -0.15) is 0 Å². The standard InChI is InChI=1S/C16H14FNO2S/c1-12-10-15(21-11-12)16(19)18-8-4-5-9-20-14-7-3-2-6-13(14)17/h2-3,6-7,10-11H,8-9H2,1H3,(H,18,19). The van der Waals surface area contributed by atoms with Crippen LogP contribution in [0.15, 0.2) is 35.7 Å². The molecule has 1 amide bonds. The summed E-state index contributed by atoms with van der Waals surface area (Å²) in [5.74, 6) is 5.09. The Labute approximate surface area is 126 Å². The minimum absolute atomic E-state index is 0.0783. The van der Waals surface area contributed by atoms with E-state index in [1.165, 1.54) is 23.5 Å². The number of hydrogen-bond donors (Lipinski definition) is 1. The molecule has 1 heterocycles. The molecule has 3 nitrogen and oxygen atoms in total. The van der Waals surface area contributed by atoms with Crippen LogP contribution in [0.3, 0.4) is 0 Å². The Balaban J connectivity index is 1.72. The molecule has 0 saturated carbocycles. The number of hydrogen-bond acceptors (Lipinski definition) is 3. The van der Waals surface area contributed by atoms with Gasteiger partial charge in [0.2, 0.25) is 0 Å². The minimum Gasteiger partial charge on any atom is -0.478 e. The average Bonchev–Trinajstić information content (AvgIpc) is 2.91. The van der Waals surface area contributed by atoms with Gasteiger partial charge in [-0.25, -0.2) is 4.39 Å². The van der Waals surface area contributed by atoms with Gasteiger partial charge in [0.15, 0.2) is 11.6 Å². The summed E-state index contributed by atoms with van der Waals surface area (Å²) in [4.78, 5) is 12.4. The number of carbonyl (C=O) groups is 1. The Morgan fingerprint density at radius 2 is 2.19 bits per heavy atom. The highest BCUT2D eigenvalue weighted by molar-refractivity contribution is 7.12. The van der Waals surface area contributed by atoms with Crippen LogP contribution in [0.25, 0.3) is 0 Å². The van der Waals surface area contributed by atoms with Crippen LogP contribution in [0.4, 0.5) is 4.39 Å². The van der Waals surface area contributed by atoms with Crippen LogP contribution >= 0.6 is 11.3 Å². The van der Waals surface area contributed by atoms with E-state index >= 15 is 0 Å². The van der Waals surface area contributed by atoms with Gasteiger partial charge in [0.1, 0.15) is 6.61 Å². The number of amides is 1. The number of para-hydroxylation sites is 1. The first-order valence-electron chi connectivity index (χ1n) is 6.33. The lowest BCUT2D eigenvalue weighted by Crippen LogP contribution is -2.22. The van der Waals surface area contributed by atoms with Gasteiger partial charge < -0.3 is 10.1 Å². The first kappa shape index (κ1) is 15.1. The molecule has 0 aliphatic carbocycles. The van der Waals surface area contributed by atoms with Gasteiger partial charge in [0, 0.05) is 0 Å². The average molecular weight is 303 g/mol. The SMILES string of the molecule is Cc1csc(C(=O)NCC#CCOc2ccccc2F)c1. The van der Waals surface area contributed by atoms with Crippen molar-refractivity contribution in [2.75, 3.05) is 13.2 Å². The number of benzene rings is 1. The van der Waals surface area contributed by atoms with E-state index in [1.807, 2.05) is 18.4 Å². The highest BCUT2D eigenvalue weighted by atomic mass is 32.1. The first-order chi connectivity index (χ1) is 10.2. The van der Waals surface area contributed by atoms with Crippen molar-refractivity contribution in [3.8, 4) is 17.6 Å². The maximum atomic E-state index is 13.2. The fourth-order valence-corrected chi connectivity index (χ4v) is 2.37. The number of carbonyl (C=O) groups excluding carboxylic acids is 1. The molecule has 0 fully saturated rings. The molecule has 0 radical (unpaired) electrons. The van der Waals surface area contributed by atoms with Crippen molar-refractivity contribution in [3.05, 3.63) is 52.0 Å². The molecule has 5 heteroatoms. The summed E-state index contributed by atoms with van der Waals surface area (Å²) in [6, 6.07) is 7.98. The topological polar surface area (TPSA) is 38.3 Å². The molecule has 2 rings (SSSR count). The van der Waals surface area contributed by atoms with Gasteiger partial charge in [0.05, 0.1) is 11.4 Å². The van der Waals surface area contributed by atoms with E-state index in [2.05, 4.69) is 17.2 Å². The van der Waals surface area contributed by atoms with Gasteiger partial charge in [0.25, 0.3) is 5.91 Å². The van der Waals surface area contributed by atoms with Crippen molar-refractivity contribution in [2.24, 2.45) is 0 Å². The van der Waals surface area contributed by atoms with E-state index in [0.29, 0.717) is 4.88 Å². The fourth-order valence-electron chi connectivity index (χ4n) is 1.55. The normalized spacial score (nSPS) is 9.62. The Hall–Kier alpha value is -2.32. The van der Waals surface area contributed by atoms with Crippen molar-refractivity contribution in [2.45, 2.75) is 6.92 Å². The van der Waals surface area contributed by atoms with Crippen LogP contribution in [0.5, 0.6) is 5.75 Å². The molecule has 1 N–H and O–H groups in total. The summed E-state index contributed by atoms with van der Waals surface area (Å²) in [5.41, 5.74) is 1.06. The molecule has 21 heavy (non-hydrogen) atoms. The second-order valence-corrected chi connectivity index (χ2v) is 5.15. The number of ether oxygens (including phenoxy) is 1. The molecule has 108 valence electrons. The smallest absolute Gasteiger partial charge is 0.262 e. The summed E-state index contributed by atoms with van der Waals surface area (Å²) in [7, 11) is 0. The molecule has 0 spiro atoms. The molecule has 0 atom stereocenters. The molecule has 0 aliphatic heterocycles. The van der Waals surface area contributed by atoms with Crippen molar-refractivity contribution in [1.29, 1.82) is 0 Å². The van der Waals surface area contributed by atoms with E-state index in [0.717, 1.165) is 5.56 Å². The molecule has 1 aromatic heterocycles. The second-order valence-electron chi connectivity index (χ2n) is 4.24. The van der Waals surface area contributed by atoms with E-state index in [4.69, 9.17) is 4.74 Å². The van der Waals surface area contributed by atoms with Gasteiger partial charge in [-0.15, -0.1) is 11.3 Å². The zero-order chi connectivity index (χ0) is 15.1. The molecule has 0 bridgehead atoms. The Morgan fingerprint density at radius 1 is 1.38 bits per heavy atom. The summed E-state index contributed by atoms with van der Waals surface area (Å²) < 4.78 is 18.4. The van der Waals surface area contributed by atoms with Crippen molar-refractivity contribution >= 4 is 17.2 Å². The third kappa shape index (κ3) is 4.62. The highest BCUT2D eigenvalue weighted by Crippen LogP contribution is 2.14.